The van der Waals surface area contributed by atoms with Gasteiger partial charge in [-0.2, -0.15) is 0 Å². The molecule has 0 aliphatic carbocycles. The van der Waals surface area contributed by atoms with Crippen LogP contribution in [0.5, 0.6) is 0 Å². The van der Waals surface area contributed by atoms with Gasteiger partial charge in [0.25, 0.3) is 0 Å². The Hall–Kier alpha value is -1.95. The molecule has 0 amide bonds. The molecule has 0 aliphatic rings. The topological polar surface area (TPSA) is 54.7 Å². The Morgan fingerprint density at radius 2 is 2.00 bits per heavy atom. The van der Waals surface area contributed by atoms with Crippen molar-refractivity contribution in [3.8, 4) is 11.4 Å². The Balaban J connectivity index is 2.26. The monoisotopic (exact) mass is 323 g/mol. The predicted octanol–water partition coefficient (Wildman–Crippen LogP) is 3.85. The molecule has 6 heteroatoms. The van der Waals surface area contributed by atoms with Crippen molar-refractivity contribution in [2.24, 2.45) is 0 Å². The number of halogens is 3. The minimum Gasteiger partial charge on any atom is -0.397 e. The number of aromatic amines is 1. The summed E-state index contributed by atoms with van der Waals surface area (Å²) in [5.41, 5.74) is 7.44. The molecule has 96 valence electrons. The van der Waals surface area contributed by atoms with E-state index in [2.05, 4.69) is 25.9 Å². The van der Waals surface area contributed by atoms with Crippen LogP contribution in [0.1, 0.15) is 0 Å². The molecule has 0 saturated carbocycles. The molecular formula is C13H8BrF2N3. The number of nitrogen functional groups attached to an aromatic ring is 1. The number of nitrogens with one attached hydrogen (secondary N) is 1. The minimum absolute atomic E-state index is 0.0933. The van der Waals surface area contributed by atoms with Gasteiger partial charge in [0.1, 0.15) is 17.2 Å². The Labute approximate surface area is 115 Å². The average molecular weight is 324 g/mol. The van der Waals surface area contributed by atoms with Crippen LogP contribution >= 0.6 is 15.9 Å². The van der Waals surface area contributed by atoms with Crippen molar-refractivity contribution in [3.05, 3.63) is 46.4 Å². The molecular weight excluding hydrogens is 316 g/mol. The molecule has 0 unspecified atom stereocenters. The van der Waals surface area contributed by atoms with E-state index in [4.69, 9.17) is 5.73 Å². The molecule has 0 atom stereocenters. The highest BCUT2D eigenvalue weighted by Gasteiger charge is 2.13. The third kappa shape index (κ3) is 1.98. The van der Waals surface area contributed by atoms with Gasteiger partial charge < -0.3 is 10.7 Å². The molecule has 0 spiro atoms. The summed E-state index contributed by atoms with van der Waals surface area (Å²) in [6, 6.07) is 7.34. The molecule has 0 radical (unpaired) electrons. The van der Waals surface area contributed by atoms with E-state index in [1.54, 1.807) is 18.2 Å². The first-order valence-electron chi connectivity index (χ1n) is 5.45. The van der Waals surface area contributed by atoms with Crippen molar-refractivity contribution in [2.45, 2.75) is 0 Å². The number of nitrogens with two attached hydrogens (primary N) is 1. The number of nitrogens with zero attached hydrogens (tertiary/aromatic N) is 1. The second-order valence-corrected chi connectivity index (χ2v) is 4.92. The lowest BCUT2D eigenvalue weighted by molar-refractivity contribution is 0.591. The fourth-order valence-corrected chi connectivity index (χ4v) is 2.28. The molecule has 0 fully saturated rings. The number of rotatable bonds is 1. The summed E-state index contributed by atoms with van der Waals surface area (Å²) in [5, 5.41) is 0. The van der Waals surface area contributed by atoms with Crippen molar-refractivity contribution < 1.29 is 8.78 Å². The van der Waals surface area contributed by atoms with Crippen LogP contribution in [0.25, 0.3) is 22.4 Å². The number of benzene rings is 2. The van der Waals surface area contributed by atoms with Crippen molar-refractivity contribution in [1.29, 1.82) is 0 Å². The van der Waals surface area contributed by atoms with E-state index in [1.807, 2.05) is 0 Å². The fraction of sp³-hybridized carbons (Fsp3) is 0. The maximum atomic E-state index is 13.6. The second-order valence-electron chi connectivity index (χ2n) is 4.07. The van der Waals surface area contributed by atoms with Crippen molar-refractivity contribution in [2.75, 3.05) is 5.73 Å². The maximum Gasteiger partial charge on any atom is 0.153 e. The van der Waals surface area contributed by atoms with Gasteiger partial charge in [-0.3, -0.25) is 0 Å². The third-order valence-corrected chi connectivity index (χ3v) is 3.50. The molecule has 1 heterocycles. The number of imidazole rings is 1. The quantitative estimate of drug-likeness (QED) is 0.668. The Kier molecular flexibility index (Phi) is 2.74. The van der Waals surface area contributed by atoms with Crippen LogP contribution in [-0.2, 0) is 0 Å². The van der Waals surface area contributed by atoms with Crippen molar-refractivity contribution in [1.82, 2.24) is 9.97 Å². The van der Waals surface area contributed by atoms with Crippen LogP contribution in [0.2, 0.25) is 0 Å². The first kappa shape index (κ1) is 12.1. The van der Waals surface area contributed by atoms with Gasteiger partial charge in [0.2, 0.25) is 0 Å². The summed E-state index contributed by atoms with van der Waals surface area (Å²) in [5.74, 6) is -0.952. The maximum absolute atomic E-state index is 13.6. The minimum atomic E-state index is -0.703. The summed E-state index contributed by atoms with van der Waals surface area (Å²) in [7, 11) is 0. The number of hydrogen-bond donors (Lipinski definition) is 2. The number of anilines is 1. The molecule has 3 N–H and O–H groups in total. The molecule has 0 saturated heterocycles. The standard InChI is InChI=1S/C13H8BrF2N3/c14-8-3-1-2-7(11(8)17)13-18-10-5-6(15)4-9(16)12(10)19-13/h1-5H,17H2,(H,18,19). The number of para-hydroxylation sites is 1. The summed E-state index contributed by atoms with van der Waals surface area (Å²) in [6.45, 7) is 0. The van der Waals surface area contributed by atoms with E-state index in [0.717, 1.165) is 10.5 Å². The molecule has 2 aromatic carbocycles. The smallest absolute Gasteiger partial charge is 0.153 e. The number of hydrogen-bond acceptors (Lipinski definition) is 2. The van der Waals surface area contributed by atoms with Gasteiger partial charge in [0.05, 0.1) is 11.2 Å². The van der Waals surface area contributed by atoms with E-state index < -0.39 is 11.6 Å². The van der Waals surface area contributed by atoms with Gasteiger partial charge >= 0.3 is 0 Å². The van der Waals surface area contributed by atoms with E-state index in [9.17, 15) is 8.78 Å². The number of fused-ring (bicyclic) bond motifs is 1. The molecule has 3 rings (SSSR count). The zero-order valence-corrected chi connectivity index (χ0v) is 11.1. The van der Waals surface area contributed by atoms with Crippen LogP contribution < -0.4 is 5.73 Å². The summed E-state index contributed by atoms with van der Waals surface area (Å²) in [6.07, 6.45) is 0. The van der Waals surface area contributed by atoms with E-state index in [-0.39, 0.29) is 5.52 Å². The highest BCUT2D eigenvalue weighted by Crippen LogP contribution is 2.31. The highest BCUT2D eigenvalue weighted by molar-refractivity contribution is 9.10. The average Bonchev–Trinajstić information content (AvgIpc) is 2.76. The van der Waals surface area contributed by atoms with Crippen LogP contribution in [0, 0.1) is 11.6 Å². The van der Waals surface area contributed by atoms with Crippen LogP contribution in [0.15, 0.2) is 34.8 Å². The predicted molar refractivity (Wildman–Crippen MR) is 73.6 cm³/mol. The molecule has 0 aliphatic heterocycles. The number of aromatic nitrogens is 2. The lowest BCUT2D eigenvalue weighted by Crippen LogP contribution is -1.92. The Bertz CT molecular complexity index is 783. The van der Waals surface area contributed by atoms with Crippen molar-refractivity contribution >= 4 is 32.7 Å². The fourth-order valence-electron chi connectivity index (χ4n) is 1.91. The molecule has 1 aromatic heterocycles. The first-order chi connectivity index (χ1) is 9.06. The van der Waals surface area contributed by atoms with Gasteiger partial charge in [0, 0.05) is 16.1 Å². The van der Waals surface area contributed by atoms with E-state index in [0.29, 0.717) is 22.6 Å². The molecule has 3 nitrogen and oxygen atoms in total. The van der Waals surface area contributed by atoms with Crippen LogP contribution in [-0.4, -0.2) is 9.97 Å². The molecule has 3 aromatic rings. The van der Waals surface area contributed by atoms with E-state index in [1.165, 1.54) is 6.07 Å². The lowest BCUT2D eigenvalue weighted by atomic mass is 10.2. The Morgan fingerprint density at radius 1 is 1.21 bits per heavy atom. The van der Waals surface area contributed by atoms with Gasteiger partial charge in [-0.05, 0) is 34.1 Å². The summed E-state index contributed by atoms with van der Waals surface area (Å²) < 4.78 is 27.4. The summed E-state index contributed by atoms with van der Waals surface area (Å²) >= 11 is 3.31. The molecule has 0 bridgehead atoms. The van der Waals surface area contributed by atoms with Gasteiger partial charge in [-0.1, -0.05) is 6.07 Å². The van der Waals surface area contributed by atoms with Crippen LogP contribution in [0.3, 0.4) is 0 Å². The Morgan fingerprint density at radius 3 is 2.79 bits per heavy atom. The van der Waals surface area contributed by atoms with Gasteiger partial charge in [0.15, 0.2) is 5.82 Å². The molecule has 19 heavy (non-hydrogen) atoms. The zero-order valence-electron chi connectivity index (χ0n) is 9.55. The van der Waals surface area contributed by atoms with Crippen LogP contribution in [0.4, 0.5) is 14.5 Å². The van der Waals surface area contributed by atoms with Gasteiger partial charge in [-0.25, -0.2) is 13.8 Å². The highest BCUT2D eigenvalue weighted by atomic mass is 79.9. The second kappa shape index (κ2) is 4.31. The first-order valence-corrected chi connectivity index (χ1v) is 6.24. The van der Waals surface area contributed by atoms with Gasteiger partial charge in [-0.15, -0.1) is 0 Å². The van der Waals surface area contributed by atoms with E-state index >= 15 is 0 Å². The lowest BCUT2D eigenvalue weighted by Gasteiger charge is -2.03. The normalized spacial score (nSPS) is 11.1. The third-order valence-electron chi connectivity index (χ3n) is 2.81. The number of H-pyrrole nitrogens is 1. The van der Waals surface area contributed by atoms with Crippen molar-refractivity contribution in [3.63, 3.8) is 0 Å². The summed E-state index contributed by atoms with van der Waals surface area (Å²) in [4.78, 5) is 7.00. The zero-order chi connectivity index (χ0) is 13.6. The SMILES string of the molecule is Nc1c(Br)cccc1-c1nc2c(F)cc(F)cc2[nH]1. The largest absolute Gasteiger partial charge is 0.397 e.